The standard InChI is InChI=1S/C10H8F3NO/c1-7(10(11,12)13)15-9-5-3-2-4-8(9)6-14/h2-5,7H,1H3/t7-/m0/s1. The normalized spacial score (nSPS) is 13.0. The number of rotatable bonds is 2. The Labute approximate surface area is 84.9 Å². The van der Waals surface area contributed by atoms with Crippen LogP contribution in [0.1, 0.15) is 12.5 Å². The molecule has 0 spiro atoms. The number of para-hydroxylation sites is 1. The molecule has 15 heavy (non-hydrogen) atoms. The predicted molar refractivity (Wildman–Crippen MR) is 47.3 cm³/mol. The molecule has 0 bridgehead atoms. The highest BCUT2D eigenvalue weighted by atomic mass is 19.4. The van der Waals surface area contributed by atoms with Gasteiger partial charge in [-0.1, -0.05) is 12.1 Å². The average molecular weight is 215 g/mol. The van der Waals surface area contributed by atoms with E-state index in [1.54, 1.807) is 12.1 Å². The zero-order valence-corrected chi connectivity index (χ0v) is 7.88. The van der Waals surface area contributed by atoms with Crippen molar-refractivity contribution in [3.05, 3.63) is 29.8 Å². The number of halogens is 3. The van der Waals surface area contributed by atoms with Gasteiger partial charge in [0.1, 0.15) is 11.8 Å². The van der Waals surface area contributed by atoms with Gasteiger partial charge in [0.2, 0.25) is 0 Å². The van der Waals surface area contributed by atoms with Crippen LogP contribution in [0.5, 0.6) is 5.75 Å². The van der Waals surface area contributed by atoms with Gasteiger partial charge >= 0.3 is 6.18 Å². The Morgan fingerprint density at radius 1 is 1.33 bits per heavy atom. The second-order valence-electron chi connectivity index (χ2n) is 2.91. The summed E-state index contributed by atoms with van der Waals surface area (Å²) in [6.45, 7) is 0.897. The van der Waals surface area contributed by atoms with E-state index in [1.165, 1.54) is 18.2 Å². The monoisotopic (exact) mass is 215 g/mol. The molecule has 0 unspecified atom stereocenters. The summed E-state index contributed by atoms with van der Waals surface area (Å²) in [5.74, 6) is -0.0511. The summed E-state index contributed by atoms with van der Waals surface area (Å²) >= 11 is 0. The van der Waals surface area contributed by atoms with E-state index in [2.05, 4.69) is 4.74 Å². The summed E-state index contributed by atoms with van der Waals surface area (Å²) in [5, 5.41) is 8.62. The van der Waals surface area contributed by atoms with E-state index in [9.17, 15) is 13.2 Å². The van der Waals surface area contributed by atoms with Crippen LogP contribution < -0.4 is 4.74 Å². The van der Waals surface area contributed by atoms with E-state index < -0.39 is 12.3 Å². The Morgan fingerprint density at radius 2 is 1.93 bits per heavy atom. The number of benzene rings is 1. The molecule has 80 valence electrons. The van der Waals surface area contributed by atoms with Gasteiger partial charge in [-0.3, -0.25) is 0 Å². The van der Waals surface area contributed by atoms with Gasteiger partial charge in [-0.05, 0) is 19.1 Å². The zero-order chi connectivity index (χ0) is 11.5. The predicted octanol–water partition coefficient (Wildman–Crippen LogP) is 2.89. The fourth-order valence-electron chi connectivity index (χ4n) is 0.919. The summed E-state index contributed by atoms with van der Waals surface area (Å²) in [5.41, 5.74) is 0.0913. The molecule has 5 heteroatoms. The van der Waals surface area contributed by atoms with Crippen molar-refractivity contribution in [1.29, 1.82) is 5.26 Å². The fraction of sp³-hybridized carbons (Fsp3) is 0.300. The van der Waals surface area contributed by atoms with Gasteiger partial charge in [-0.2, -0.15) is 18.4 Å². The van der Waals surface area contributed by atoms with Crippen LogP contribution in [0.3, 0.4) is 0 Å². The quantitative estimate of drug-likeness (QED) is 0.759. The molecule has 2 nitrogen and oxygen atoms in total. The molecule has 0 aliphatic rings. The molecule has 0 aliphatic carbocycles. The molecular formula is C10H8F3NO. The molecule has 1 aromatic carbocycles. The Bertz CT molecular complexity index is 381. The number of hydrogen-bond acceptors (Lipinski definition) is 2. The third kappa shape index (κ3) is 2.88. The minimum Gasteiger partial charge on any atom is -0.480 e. The molecule has 0 aromatic heterocycles. The van der Waals surface area contributed by atoms with Gasteiger partial charge in [-0.25, -0.2) is 0 Å². The van der Waals surface area contributed by atoms with Crippen molar-refractivity contribution >= 4 is 0 Å². The highest BCUT2D eigenvalue weighted by Crippen LogP contribution is 2.26. The second-order valence-corrected chi connectivity index (χ2v) is 2.91. The van der Waals surface area contributed by atoms with Crippen LogP contribution in [0.25, 0.3) is 0 Å². The highest BCUT2D eigenvalue weighted by Gasteiger charge is 2.38. The van der Waals surface area contributed by atoms with Crippen molar-refractivity contribution in [2.75, 3.05) is 0 Å². The topological polar surface area (TPSA) is 33.0 Å². The highest BCUT2D eigenvalue weighted by molar-refractivity contribution is 5.42. The summed E-state index contributed by atoms with van der Waals surface area (Å²) in [6, 6.07) is 7.57. The number of nitrogens with zero attached hydrogens (tertiary/aromatic N) is 1. The molecule has 1 atom stereocenters. The van der Waals surface area contributed by atoms with Crippen molar-refractivity contribution < 1.29 is 17.9 Å². The third-order valence-corrected chi connectivity index (χ3v) is 1.77. The second kappa shape index (κ2) is 4.22. The molecule has 0 N–H and O–H groups in total. The maximum absolute atomic E-state index is 12.2. The SMILES string of the molecule is C[C@H](Oc1ccccc1C#N)C(F)(F)F. The lowest BCUT2D eigenvalue weighted by Crippen LogP contribution is -2.31. The number of nitriles is 1. The van der Waals surface area contributed by atoms with Crippen molar-refractivity contribution in [2.24, 2.45) is 0 Å². The minimum absolute atomic E-state index is 0.0511. The van der Waals surface area contributed by atoms with Gasteiger partial charge < -0.3 is 4.74 Å². The van der Waals surface area contributed by atoms with E-state index in [0.717, 1.165) is 6.92 Å². The van der Waals surface area contributed by atoms with Gasteiger partial charge in [-0.15, -0.1) is 0 Å². The lowest BCUT2D eigenvalue weighted by Gasteiger charge is -2.18. The van der Waals surface area contributed by atoms with Crippen molar-refractivity contribution in [3.8, 4) is 11.8 Å². The van der Waals surface area contributed by atoms with Crippen LogP contribution in [0.2, 0.25) is 0 Å². The van der Waals surface area contributed by atoms with Crippen LogP contribution in [0.15, 0.2) is 24.3 Å². The van der Waals surface area contributed by atoms with Crippen molar-refractivity contribution in [3.63, 3.8) is 0 Å². The number of hydrogen-bond donors (Lipinski definition) is 0. The molecule has 0 aliphatic heterocycles. The molecule has 1 rings (SSSR count). The molecule has 1 aromatic rings. The van der Waals surface area contributed by atoms with E-state index in [-0.39, 0.29) is 11.3 Å². The Kier molecular flexibility index (Phi) is 3.20. The van der Waals surface area contributed by atoms with Gasteiger partial charge in [0.05, 0.1) is 5.56 Å². The first-order valence-corrected chi connectivity index (χ1v) is 4.17. The van der Waals surface area contributed by atoms with Crippen molar-refractivity contribution in [1.82, 2.24) is 0 Å². The number of alkyl halides is 3. The lowest BCUT2D eigenvalue weighted by atomic mass is 10.2. The Morgan fingerprint density at radius 3 is 2.47 bits per heavy atom. The maximum Gasteiger partial charge on any atom is 0.425 e. The van der Waals surface area contributed by atoms with E-state index in [0.29, 0.717) is 0 Å². The Hall–Kier alpha value is -1.70. The summed E-state index contributed by atoms with van der Waals surface area (Å²) in [6.07, 6.45) is -6.35. The average Bonchev–Trinajstić information content (AvgIpc) is 2.17. The molecule has 0 amide bonds. The molecule has 0 saturated carbocycles. The molecular weight excluding hydrogens is 207 g/mol. The maximum atomic E-state index is 12.2. The third-order valence-electron chi connectivity index (χ3n) is 1.77. The van der Waals surface area contributed by atoms with Crippen molar-refractivity contribution in [2.45, 2.75) is 19.2 Å². The molecule has 0 radical (unpaired) electrons. The van der Waals surface area contributed by atoms with Crippen LogP contribution in [-0.4, -0.2) is 12.3 Å². The number of ether oxygens (including phenoxy) is 1. The first-order valence-electron chi connectivity index (χ1n) is 4.17. The smallest absolute Gasteiger partial charge is 0.425 e. The summed E-state index contributed by atoms with van der Waals surface area (Å²) in [7, 11) is 0. The first-order chi connectivity index (χ1) is 6.95. The van der Waals surface area contributed by atoms with Crippen LogP contribution in [-0.2, 0) is 0 Å². The largest absolute Gasteiger partial charge is 0.480 e. The molecule has 0 saturated heterocycles. The molecule has 0 fully saturated rings. The minimum atomic E-state index is -4.43. The summed E-state index contributed by atoms with van der Waals surface area (Å²) < 4.78 is 41.1. The lowest BCUT2D eigenvalue weighted by molar-refractivity contribution is -0.189. The fourth-order valence-corrected chi connectivity index (χ4v) is 0.919. The van der Waals surface area contributed by atoms with Gasteiger partial charge in [0, 0.05) is 0 Å². The molecule has 0 heterocycles. The van der Waals surface area contributed by atoms with E-state index in [1.807, 2.05) is 0 Å². The summed E-state index contributed by atoms with van der Waals surface area (Å²) in [4.78, 5) is 0. The van der Waals surface area contributed by atoms with Crippen LogP contribution in [0, 0.1) is 11.3 Å². The first kappa shape index (κ1) is 11.4. The van der Waals surface area contributed by atoms with Crippen LogP contribution in [0.4, 0.5) is 13.2 Å². The van der Waals surface area contributed by atoms with E-state index in [4.69, 9.17) is 5.26 Å². The van der Waals surface area contributed by atoms with Gasteiger partial charge in [0.15, 0.2) is 6.10 Å². The van der Waals surface area contributed by atoms with Gasteiger partial charge in [0.25, 0.3) is 0 Å². The van der Waals surface area contributed by atoms with E-state index >= 15 is 0 Å². The zero-order valence-electron chi connectivity index (χ0n) is 7.88. The Balaban J connectivity index is 2.86. The van der Waals surface area contributed by atoms with Crippen LogP contribution >= 0.6 is 0 Å².